The van der Waals surface area contributed by atoms with Crippen molar-refractivity contribution in [3.05, 3.63) is 76.9 Å². The Bertz CT molecular complexity index is 687. The van der Waals surface area contributed by atoms with Crippen molar-refractivity contribution < 1.29 is 0 Å². The SMILES string of the molecule is C.CC.CC.CC(C)/C=C\c1ccccc1C(C)C.CC(C)Cc1ccccc1C(C)C. The van der Waals surface area contributed by atoms with Gasteiger partial charge in [0.05, 0.1) is 0 Å². The van der Waals surface area contributed by atoms with Crippen molar-refractivity contribution in [2.75, 3.05) is 0 Å². The smallest absolute Gasteiger partial charge is 0.0213 e. The monoisotopic (exact) mass is 440 g/mol. The lowest BCUT2D eigenvalue weighted by atomic mass is 9.92. The summed E-state index contributed by atoms with van der Waals surface area (Å²) in [6, 6.07) is 17.4. The van der Waals surface area contributed by atoms with Gasteiger partial charge in [0.15, 0.2) is 0 Å². The van der Waals surface area contributed by atoms with Gasteiger partial charge < -0.3 is 0 Å². The van der Waals surface area contributed by atoms with Crippen LogP contribution in [0.1, 0.15) is 125 Å². The molecule has 0 aliphatic carbocycles. The maximum atomic E-state index is 2.27. The van der Waals surface area contributed by atoms with Gasteiger partial charge in [0.2, 0.25) is 0 Å². The Labute approximate surface area is 203 Å². The van der Waals surface area contributed by atoms with Crippen molar-refractivity contribution in [3.8, 4) is 0 Å². The van der Waals surface area contributed by atoms with Crippen LogP contribution in [0.4, 0.5) is 0 Å². The zero-order chi connectivity index (χ0) is 24.4. The molecule has 0 spiro atoms. The molecule has 0 fully saturated rings. The van der Waals surface area contributed by atoms with Crippen molar-refractivity contribution >= 4 is 6.08 Å². The fourth-order valence-electron chi connectivity index (χ4n) is 3.21. The summed E-state index contributed by atoms with van der Waals surface area (Å²) in [4.78, 5) is 0. The third kappa shape index (κ3) is 15.1. The minimum absolute atomic E-state index is 0. The van der Waals surface area contributed by atoms with Crippen LogP contribution in [-0.4, -0.2) is 0 Å². The van der Waals surface area contributed by atoms with Crippen LogP contribution in [0, 0.1) is 11.8 Å². The third-order valence-electron chi connectivity index (χ3n) is 4.58. The Morgan fingerprint density at radius 1 is 0.625 bits per heavy atom. The van der Waals surface area contributed by atoms with E-state index in [0.717, 1.165) is 5.92 Å². The van der Waals surface area contributed by atoms with E-state index in [4.69, 9.17) is 0 Å². The fourth-order valence-corrected chi connectivity index (χ4v) is 3.21. The molecule has 32 heavy (non-hydrogen) atoms. The lowest BCUT2D eigenvalue weighted by molar-refractivity contribution is 0.638. The van der Waals surface area contributed by atoms with Gasteiger partial charge in [-0.2, -0.15) is 0 Å². The topological polar surface area (TPSA) is 0 Å². The lowest BCUT2D eigenvalue weighted by Crippen LogP contribution is -2.00. The van der Waals surface area contributed by atoms with Crippen molar-refractivity contribution in [1.82, 2.24) is 0 Å². The number of benzene rings is 2. The van der Waals surface area contributed by atoms with Crippen LogP contribution in [0.3, 0.4) is 0 Å². The van der Waals surface area contributed by atoms with Crippen LogP contribution in [-0.2, 0) is 6.42 Å². The van der Waals surface area contributed by atoms with Gasteiger partial charge in [0, 0.05) is 0 Å². The maximum Gasteiger partial charge on any atom is -0.0213 e. The maximum absolute atomic E-state index is 2.27. The predicted molar refractivity (Wildman–Crippen MR) is 153 cm³/mol. The van der Waals surface area contributed by atoms with Crippen molar-refractivity contribution in [2.45, 2.75) is 109 Å². The molecule has 0 saturated heterocycles. The minimum Gasteiger partial charge on any atom is -0.0814 e. The molecule has 0 aliphatic heterocycles. The number of hydrogen-bond donors (Lipinski definition) is 0. The Kier molecular flexibility index (Phi) is 22.9. The first kappa shape index (κ1) is 34.8. The zero-order valence-electron chi connectivity index (χ0n) is 22.8. The van der Waals surface area contributed by atoms with Crippen molar-refractivity contribution in [3.63, 3.8) is 0 Å². The number of allylic oxidation sites excluding steroid dienone is 1. The highest BCUT2D eigenvalue weighted by molar-refractivity contribution is 5.54. The molecule has 2 rings (SSSR count). The van der Waals surface area contributed by atoms with E-state index in [1.807, 2.05) is 27.7 Å². The van der Waals surface area contributed by atoms with Crippen LogP contribution in [0.2, 0.25) is 0 Å². The van der Waals surface area contributed by atoms with Gasteiger partial charge in [-0.15, -0.1) is 0 Å². The Balaban J connectivity index is -0.000000443. The molecule has 184 valence electrons. The first-order valence-corrected chi connectivity index (χ1v) is 12.6. The average Bonchev–Trinajstić information content (AvgIpc) is 2.75. The largest absolute Gasteiger partial charge is 0.0814 e. The molecule has 0 amide bonds. The van der Waals surface area contributed by atoms with Crippen LogP contribution in [0.15, 0.2) is 54.6 Å². The Hall–Kier alpha value is -1.82. The van der Waals surface area contributed by atoms with Gasteiger partial charge >= 0.3 is 0 Å². The van der Waals surface area contributed by atoms with Crippen LogP contribution in [0.5, 0.6) is 0 Å². The quantitative estimate of drug-likeness (QED) is 0.419. The van der Waals surface area contributed by atoms with Crippen LogP contribution >= 0.6 is 0 Å². The summed E-state index contributed by atoms with van der Waals surface area (Å²) in [5, 5.41) is 0. The normalized spacial score (nSPS) is 10.1. The number of rotatable bonds is 6. The second kappa shape index (κ2) is 21.0. The highest BCUT2D eigenvalue weighted by atomic mass is 14.1. The molecule has 0 bridgehead atoms. The first-order valence-electron chi connectivity index (χ1n) is 12.6. The zero-order valence-corrected chi connectivity index (χ0v) is 22.8. The molecule has 0 radical (unpaired) electrons. The highest BCUT2D eigenvalue weighted by Gasteiger charge is 2.06. The van der Waals surface area contributed by atoms with E-state index in [2.05, 4.69) is 116 Å². The Morgan fingerprint density at radius 2 is 1.06 bits per heavy atom. The molecule has 0 aliphatic rings. The lowest BCUT2D eigenvalue weighted by Gasteiger charge is -2.13. The highest BCUT2D eigenvalue weighted by Crippen LogP contribution is 2.22. The van der Waals surface area contributed by atoms with Gasteiger partial charge in [-0.1, -0.05) is 151 Å². The standard InChI is InChI=1S/C14H20.C13H20.2C2H6.CH4/c1-11(2)9-10-13-7-5-6-8-14(13)12(3)4;1-10(2)9-12-7-5-6-8-13(12)11(3)4;2*1-2;/h5-12H,1-4H3;5-8,10-11H,9H2,1-4H3;2*1-2H3;1H4/b10-9-;;;;. The molecule has 2 aromatic carbocycles. The molecule has 0 nitrogen and oxygen atoms in total. The van der Waals surface area contributed by atoms with E-state index >= 15 is 0 Å². The summed E-state index contributed by atoms with van der Waals surface area (Å²) in [7, 11) is 0. The first-order chi connectivity index (χ1) is 14.7. The summed E-state index contributed by atoms with van der Waals surface area (Å²) >= 11 is 0. The molecule has 0 atom stereocenters. The van der Waals surface area contributed by atoms with E-state index in [9.17, 15) is 0 Å². The molecule has 0 aromatic heterocycles. The summed E-state index contributed by atoms with van der Waals surface area (Å²) < 4.78 is 0. The van der Waals surface area contributed by atoms with Gasteiger partial charge in [0.1, 0.15) is 0 Å². The summed E-state index contributed by atoms with van der Waals surface area (Å²) in [6.07, 6.45) is 5.69. The van der Waals surface area contributed by atoms with Crippen molar-refractivity contribution in [1.29, 1.82) is 0 Å². The van der Waals surface area contributed by atoms with Gasteiger partial charge in [-0.25, -0.2) is 0 Å². The summed E-state index contributed by atoms with van der Waals surface area (Å²) in [5.74, 6) is 2.62. The minimum atomic E-state index is 0. The van der Waals surface area contributed by atoms with Crippen LogP contribution in [0.25, 0.3) is 6.08 Å². The van der Waals surface area contributed by atoms with E-state index in [0.29, 0.717) is 17.8 Å². The fraction of sp³-hybridized carbons (Fsp3) is 0.562. The third-order valence-corrected chi connectivity index (χ3v) is 4.58. The predicted octanol–water partition coefficient (Wildman–Crippen LogP) is 11.2. The second-order valence-electron chi connectivity index (χ2n) is 8.84. The Morgan fingerprint density at radius 3 is 1.50 bits per heavy atom. The van der Waals surface area contributed by atoms with E-state index in [-0.39, 0.29) is 7.43 Å². The van der Waals surface area contributed by atoms with Gasteiger partial charge in [-0.3, -0.25) is 0 Å². The molecule has 0 heteroatoms. The summed E-state index contributed by atoms with van der Waals surface area (Å²) in [5.41, 5.74) is 5.82. The molecule has 2 aromatic rings. The van der Waals surface area contributed by atoms with E-state index in [1.165, 1.54) is 28.7 Å². The van der Waals surface area contributed by atoms with Gasteiger partial charge in [-0.05, 0) is 52.3 Å². The van der Waals surface area contributed by atoms with Gasteiger partial charge in [0.25, 0.3) is 0 Å². The molecular weight excluding hydrogens is 384 g/mol. The molecular formula is C32H56. The average molecular weight is 441 g/mol. The summed E-state index contributed by atoms with van der Waals surface area (Å²) in [6.45, 7) is 26.0. The van der Waals surface area contributed by atoms with E-state index in [1.54, 1.807) is 0 Å². The molecule has 0 N–H and O–H groups in total. The van der Waals surface area contributed by atoms with Crippen LogP contribution < -0.4 is 0 Å². The molecule has 0 saturated carbocycles. The molecule has 0 heterocycles. The number of hydrogen-bond acceptors (Lipinski definition) is 0. The second-order valence-corrected chi connectivity index (χ2v) is 8.84. The van der Waals surface area contributed by atoms with Crippen molar-refractivity contribution in [2.24, 2.45) is 11.8 Å². The molecule has 0 unspecified atom stereocenters. The van der Waals surface area contributed by atoms with E-state index < -0.39 is 0 Å².